The van der Waals surface area contributed by atoms with Gasteiger partial charge < -0.3 is 0 Å². The van der Waals surface area contributed by atoms with E-state index in [9.17, 15) is 0 Å². The first-order valence-corrected chi connectivity index (χ1v) is 5.32. The molecule has 1 fully saturated rings. The molecule has 1 aliphatic rings. The highest BCUT2D eigenvalue weighted by atomic mass is 14.5. The van der Waals surface area contributed by atoms with Crippen molar-refractivity contribution >= 4 is 0 Å². The molecule has 0 bridgehead atoms. The van der Waals surface area contributed by atoms with E-state index < -0.39 is 0 Å². The lowest BCUT2D eigenvalue weighted by Gasteiger charge is -2.52. The lowest BCUT2D eigenvalue weighted by Crippen LogP contribution is -2.42. The summed E-state index contributed by atoms with van der Waals surface area (Å²) in [6, 6.07) is 0. The number of hydrogen-bond acceptors (Lipinski definition) is 0. The molecule has 0 aliphatic heterocycles. The van der Waals surface area contributed by atoms with E-state index in [-0.39, 0.29) is 0 Å². The zero-order chi connectivity index (χ0) is 10.7. The molecule has 1 saturated carbocycles. The van der Waals surface area contributed by atoms with Crippen LogP contribution in [0, 0.1) is 10.8 Å². The van der Waals surface area contributed by atoms with Crippen LogP contribution in [0.1, 0.15) is 61.3 Å². The summed E-state index contributed by atoms with van der Waals surface area (Å²) < 4.78 is 0. The average Bonchev–Trinajstić information content (AvgIpc) is 2.03. The zero-order valence-corrected chi connectivity index (χ0v) is 10.5. The first-order valence-electron chi connectivity index (χ1n) is 5.32. The van der Waals surface area contributed by atoms with Crippen molar-refractivity contribution in [1.82, 2.24) is 0 Å². The Balaban J connectivity index is 0.000000252. The molecule has 13 heavy (non-hydrogen) atoms. The molecule has 0 spiro atoms. The summed E-state index contributed by atoms with van der Waals surface area (Å²) in [7, 11) is 0. The van der Waals surface area contributed by atoms with Crippen molar-refractivity contribution in [2.75, 3.05) is 0 Å². The number of allylic oxidation sites excluding steroid dienone is 2. The molecule has 0 amide bonds. The molecular weight excluding hydrogens is 156 g/mol. The van der Waals surface area contributed by atoms with E-state index in [4.69, 9.17) is 0 Å². The van der Waals surface area contributed by atoms with Gasteiger partial charge in [-0.2, -0.15) is 0 Å². The maximum atomic E-state index is 2.36. The van der Waals surface area contributed by atoms with E-state index in [0.717, 1.165) is 0 Å². The van der Waals surface area contributed by atoms with Crippen LogP contribution in [0.5, 0.6) is 0 Å². The quantitative estimate of drug-likeness (QED) is 0.472. The molecule has 0 atom stereocenters. The smallest absolute Gasteiger partial charge is 0.0303 e. The van der Waals surface area contributed by atoms with Crippen LogP contribution in [0.15, 0.2) is 11.6 Å². The molecule has 1 rings (SSSR count). The largest absolute Gasteiger partial charge is 0.0890 e. The molecule has 0 aromatic rings. The van der Waals surface area contributed by atoms with Gasteiger partial charge in [-0.3, -0.25) is 0 Å². The van der Waals surface area contributed by atoms with Crippen molar-refractivity contribution in [2.45, 2.75) is 61.3 Å². The fraction of sp³-hybridized carbons (Fsp3) is 0.846. The Morgan fingerprint density at radius 3 is 1.15 bits per heavy atom. The van der Waals surface area contributed by atoms with Crippen molar-refractivity contribution in [3.8, 4) is 0 Å². The summed E-state index contributed by atoms with van der Waals surface area (Å²) in [6.07, 6.45) is 4.92. The summed E-state index contributed by atoms with van der Waals surface area (Å²) in [5.74, 6) is 0. The van der Waals surface area contributed by atoms with Gasteiger partial charge >= 0.3 is 0 Å². The summed E-state index contributed by atoms with van der Waals surface area (Å²) >= 11 is 0. The van der Waals surface area contributed by atoms with Gasteiger partial charge in [0.1, 0.15) is 0 Å². The van der Waals surface area contributed by atoms with E-state index >= 15 is 0 Å². The predicted octanol–water partition coefficient (Wildman–Crippen LogP) is 4.81. The Bertz CT molecular complexity index is 164. The maximum absolute atomic E-state index is 2.36. The van der Waals surface area contributed by atoms with Gasteiger partial charge in [-0.05, 0) is 44.4 Å². The molecule has 1 aliphatic carbocycles. The van der Waals surface area contributed by atoms with Gasteiger partial charge in [0.05, 0.1) is 0 Å². The molecule has 0 nitrogen and oxygen atoms in total. The lowest BCUT2D eigenvalue weighted by molar-refractivity contribution is -0.0164. The van der Waals surface area contributed by atoms with Crippen LogP contribution in [0.4, 0.5) is 0 Å². The van der Waals surface area contributed by atoms with Crippen molar-refractivity contribution < 1.29 is 0 Å². The minimum atomic E-state index is 0.618. The van der Waals surface area contributed by atoms with E-state index in [0.29, 0.717) is 10.8 Å². The van der Waals surface area contributed by atoms with Gasteiger partial charge in [0.2, 0.25) is 0 Å². The van der Waals surface area contributed by atoms with Crippen LogP contribution in [0.2, 0.25) is 0 Å². The maximum Gasteiger partial charge on any atom is -0.0303 e. The summed E-state index contributed by atoms with van der Waals surface area (Å²) in [4.78, 5) is 0. The monoisotopic (exact) mass is 182 g/mol. The Kier molecular flexibility index (Phi) is 4.22. The predicted molar refractivity (Wildman–Crippen MR) is 61.9 cm³/mol. The van der Waals surface area contributed by atoms with Gasteiger partial charge in [-0.25, -0.2) is 0 Å². The molecule has 0 heterocycles. The van der Waals surface area contributed by atoms with E-state index in [1.807, 2.05) is 6.92 Å². The molecule has 0 heteroatoms. The van der Waals surface area contributed by atoms with Crippen LogP contribution in [0.25, 0.3) is 0 Å². The van der Waals surface area contributed by atoms with Crippen LogP contribution in [-0.4, -0.2) is 0 Å². The third-order valence-electron chi connectivity index (χ3n) is 3.78. The topological polar surface area (TPSA) is 0 Å². The van der Waals surface area contributed by atoms with Gasteiger partial charge in [-0.15, -0.1) is 0 Å². The second-order valence-corrected chi connectivity index (χ2v) is 5.63. The third kappa shape index (κ3) is 3.54. The van der Waals surface area contributed by atoms with Crippen LogP contribution >= 0.6 is 0 Å². The SMILES string of the molecule is CC1(C)CCC1(C)C.CC=C(C)C. The molecule has 0 aromatic heterocycles. The van der Waals surface area contributed by atoms with Crippen molar-refractivity contribution in [3.63, 3.8) is 0 Å². The van der Waals surface area contributed by atoms with Gasteiger partial charge in [-0.1, -0.05) is 39.3 Å². The molecule has 0 radical (unpaired) electrons. The van der Waals surface area contributed by atoms with Crippen LogP contribution < -0.4 is 0 Å². The standard InChI is InChI=1S/C8H16.C5H10/c1-7(2)5-6-8(7,3)4;1-4-5(2)3/h5-6H2,1-4H3;4H,1-3H3. The highest BCUT2D eigenvalue weighted by Gasteiger charge is 2.44. The van der Waals surface area contributed by atoms with Crippen LogP contribution in [-0.2, 0) is 0 Å². The van der Waals surface area contributed by atoms with Crippen molar-refractivity contribution in [2.24, 2.45) is 10.8 Å². The fourth-order valence-electron chi connectivity index (χ4n) is 1.12. The highest BCUT2D eigenvalue weighted by molar-refractivity contribution is 4.95. The van der Waals surface area contributed by atoms with Gasteiger partial charge in [0, 0.05) is 0 Å². The minimum absolute atomic E-state index is 0.618. The first-order chi connectivity index (χ1) is 5.73. The Morgan fingerprint density at radius 2 is 1.15 bits per heavy atom. The number of hydrogen-bond donors (Lipinski definition) is 0. The van der Waals surface area contributed by atoms with Gasteiger partial charge in [0.15, 0.2) is 0 Å². The molecule has 0 saturated heterocycles. The third-order valence-corrected chi connectivity index (χ3v) is 3.78. The molecule has 0 unspecified atom stereocenters. The van der Waals surface area contributed by atoms with E-state index in [1.54, 1.807) is 0 Å². The lowest BCUT2D eigenvalue weighted by atomic mass is 9.53. The van der Waals surface area contributed by atoms with Crippen molar-refractivity contribution in [1.29, 1.82) is 0 Å². The minimum Gasteiger partial charge on any atom is -0.0890 e. The Hall–Kier alpha value is -0.260. The van der Waals surface area contributed by atoms with E-state index in [1.165, 1.54) is 18.4 Å². The summed E-state index contributed by atoms with van der Waals surface area (Å²) in [6.45, 7) is 15.6. The highest BCUT2D eigenvalue weighted by Crippen LogP contribution is 2.55. The number of rotatable bonds is 0. The van der Waals surface area contributed by atoms with E-state index in [2.05, 4.69) is 47.6 Å². The molecule has 78 valence electrons. The normalized spacial score (nSPS) is 22.1. The summed E-state index contributed by atoms with van der Waals surface area (Å²) in [5, 5.41) is 0. The Labute approximate surface area is 84.4 Å². The second-order valence-electron chi connectivity index (χ2n) is 5.63. The second kappa shape index (κ2) is 4.30. The molecule has 0 N–H and O–H groups in total. The zero-order valence-electron chi connectivity index (χ0n) is 10.5. The van der Waals surface area contributed by atoms with Crippen molar-refractivity contribution in [3.05, 3.63) is 11.6 Å². The van der Waals surface area contributed by atoms with Crippen LogP contribution in [0.3, 0.4) is 0 Å². The average molecular weight is 182 g/mol. The molecule has 0 aromatic carbocycles. The van der Waals surface area contributed by atoms with Gasteiger partial charge in [0.25, 0.3) is 0 Å². The Morgan fingerprint density at radius 1 is 0.923 bits per heavy atom. The first kappa shape index (κ1) is 12.7. The fourth-order valence-corrected chi connectivity index (χ4v) is 1.12. The summed E-state index contributed by atoms with van der Waals surface area (Å²) in [5.41, 5.74) is 2.62. The molecular formula is C13H26.